The van der Waals surface area contributed by atoms with Crippen molar-refractivity contribution < 1.29 is 14.5 Å². The van der Waals surface area contributed by atoms with Crippen molar-refractivity contribution in [3.8, 4) is 0 Å². The van der Waals surface area contributed by atoms with Gasteiger partial charge in [-0.1, -0.05) is 30.3 Å². The number of ether oxygens (including phenoxy) is 1. The number of carbonyl (C=O) groups is 1. The molecule has 21 heavy (non-hydrogen) atoms. The van der Waals surface area contributed by atoms with Crippen LogP contribution in [0.2, 0.25) is 0 Å². The van der Waals surface area contributed by atoms with Gasteiger partial charge in [-0.2, -0.15) is 0 Å². The van der Waals surface area contributed by atoms with Gasteiger partial charge in [0.05, 0.1) is 17.6 Å². The predicted octanol–water partition coefficient (Wildman–Crippen LogP) is 1.22. The Morgan fingerprint density at radius 3 is 2.52 bits per heavy atom. The minimum absolute atomic E-state index is 0.0704. The van der Waals surface area contributed by atoms with E-state index in [1.54, 1.807) is 37.3 Å². The summed E-state index contributed by atoms with van der Waals surface area (Å²) in [6.07, 6.45) is 0. The second-order valence-electron chi connectivity index (χ2n) is 4.55. The van der Waals surface area contributed by atoms with Crippen LogP contribution in [0.15, 0.2) is 53.1 Å². The maximum absolute atomic E-state index is 12.0. The van der Waals surface area contributed by atoms with Crippen molar-refractivity contribution in [2.24, 2.45) is 5.73 Å². The first kappa shape index (κ1) is 14.6. The Hall–Kier alpha value is -2.83. The summed E-state index contributed by atoms with van der Waals surface area (Å²) in [7, 11) is 1.23. The van der Waals surface area contributed by atoms with Crippen molar-refractivity contribution in [2.45, 2.75) is 12.8 Å². The first-order valence-electron chi connectivity index (χ1n) is 6.22. The molecule has 1 heterocycles. The summed E-state index contributed by atoms with van der Waals surface area (Å²) in [6.45, 7) is 1.63. The fourth-order valence-electron chi connectivity index (χ4n) is 2.40. The van der Waals surface area contributed by atoms with Gasteiger partial charge in [-0.25, -0.2) is 4.79 Å². The van der Waals surface area contributed by atoms with Crippen LogP contribution < -0.4 is 11.1 Å². The van der Waals surface area contributed by atoms with Gasteiger partial charge in [0.2, 0.25) is 0 Å². The van der Waals surface area contributed by atoms with Crippen molar-refractivity contribution in [1.29, 1.82) is 0 Å². The zero-order valence-electron chi connectivity index (χ0n) is 11.6. The lowest BCUT2D eigenvalue weighted by Crippen LogP contribution is -2.35. The van der Waals surface area contributed by atoms with Gasteiger partial charge in [0.15, 0.2) is 5.82 Å². The molecule has 0 radical (unpaired) electrons. The fourth-order valence-corrected chi connectivity index (χ4v) is 2.40. The molecule has 1 aromatic rings. The van der Waals surface area contributed by atoms with Crippen LogP contribution in [0.5, 0.6) is 0 Å². The number of nitrogens with one attached hydrogen (secondary N) is 1. The average molecular weight is 289 g/mol. The molecule has 0 spiro atoms. The van der Waals surface area contributed by atoms with E-state index in [2.05, 4.69) is 5.32 Å². The number of nitrogens with two attached hydrogens (primary N) is 1. The third-order valence-corrected chi connectivity index (χ3v) is 3.30. The molecule has 0 bridgehead atoms. The van der Waals surface area contributed by atoms with Crippen LogP contribution in [0.1, 0.15) is 18.4 Å². The molecule has 0 aliphatic carbocycles. The van der Waals surface area contributed by atoms with E-state index in [1.165, 1.54) is 7.11 Å². The zero-order chi connectivity index (χ0) is 15.6. The lowest BCUT2D eigenvalue weighted by atomic mass is 9.85. The molecule has 1 atom stereocenters. The van der Waals surface area contributed by atoms with E-state index >= 15 is 0 Å². The van der Waals surface area contributed by atoms with E-state index in [9.17, 15) is 14.9 Å². The molecule has 7 heteroatoms. The summed E-state index contributed by atoms with van der Waals surface area (Å²) in [4.78, 5) is 22.8. The zero-order valence-corrected chi connectivity index (χ0v) is 11.6. The van der Waals surface area contributed by atoms with Crippen molar-refractivity contribution >= 4 is 5.97 Å². The van der Waals surface area contributed by atoms with Crippen LogP contribution in [-0.4, -0.2) is 18.0 Å². The Bertz CT molecular complexity index is 649. The van der Waals surface area contributed by atoms with E-state index in [0.29, 0.717) is 11.3 Å². The molecule has 1 unspecified atom stereocenters. The molecule has 3 N–H and O–H groups in total. The number of rotatable bonds is 3. The van der Waals surface area contributed by atoms with Gasteiger partial charge in [0, 0.05) is 5.70 Å². The first-order chi connectivity index (χ1) is 9.97. The molecule has 1 aliphatic heterocycles. The molecule has 1 aromatic carbocycles. The van der Waals surface area contributed by atoms with Crippen molar-refractivity contribution in [3.05, 3.63) is 68.8 Å². The van der Waals surface area contributed by atoms with E-state index in [1.807, 2.05) is 0 Å². The third kappa shape index (κ3) is 2.58. The van der Waals surface area contributed by atoms with Gasteiger partial charge in [0.1, 0.15) is 5.92 Å². The average Bonchev–Trinajstić information content (AvgIpc) is 2.46. The predicted molar refractivity (Wildman–Crippen MR) is 75.2 cm³/mol. The standard InChI is InChI=1S/C14H15N3O4/c1-8-10(14(18)21-2)11(9-6-4-3-5-7-9)12(17(19)20)13(15)16-8/h3-7,11,16H,15H2,1-2H3. The Morgan fingerprint density at radius 1 is 1.38 bits per heavy atom. The lowest BCUT2D eigenvalue weighted by molar-refractivity contribution is -0.431. The molecule has 2 rings (SSSR count). The quantitative estimate of drug-likeness (QED) is 0.492. The van der Waals surface area contributed by atoms with Crippen LogP contribution in [0, 0.1) is 10.1 Å². The van der Waals surface area contributed by atoms with Crippen LogP contribution in [0.25, 0.3) is 0 Å². The van der Waals surface area contributed by atoms with Gasteiger partial charge in [0.25, 0.3) is 5.70 Å². The molecule has 7 nitrogen and oxygen atoms in total. The molecule has 110 valence electrons. The van der Waals surface area contributed by atoms with Crippen molar-refractivity contribution in [3.63, 3.8) is 0 Å². The van der Waals surface area contributed by atoms with Gasteiger partial charge in [-0.3, -0.25) is 10.1 Å². The number of allylic oxidation sites excluding steroid dienone is 2. The number of benzene rings is 1. The molecule has 0 saturated carbocycles. The molecule has 0 amide bonds. The third-order valence-electron chi connectivity index (χ3n) is 3.30. The smallest absolute Gasteiger partial charge is 0.336 e. The number of methoxy groups -OCH3 is 1. The number of hydrogen-bond donors (Lipinski definition) is 2. The topological polar surface area (TPSA) is 107 Å². The number of dihydropyridines is 1. The largest absolute Gasteiger partial charge is 0.466 e. The molecular weight excluding hydrogens is 274 g/mol. The Balaban J connectivity index is 2.66. The second-order valence-corrected chi connectivity index (χ2v) is 4.55. The highest BCUT2D eigenvalue weighted by Crippen LogP contribution is 2.37. The molecule has 1 aliphatic rings. The van der Waals surface area contributed by atoms with Gasteiger partial charge in [-0.05, 0) is 12.5 Å². The lowest BCUT2D eigenvalue weighted by Gasteiger charge is -2.25. The summed E-state index contributed by atoms with van der Waals surface area (Å²) < 4.78 is 4.75. The summed E-state index contributed by atoms with van der Waals surface area (Å²) in [5, 5.41) is 14.0. The first-order valence-corrected chi connectivity index (χ1v) is 6.22. The molecule has 0 saturated heterocycles. The highest BCUT2D eigenvalue weighted by Gasteiger charge is 2.41. The van der Waals surface area contributed by atoms with Gasteiger partial charge in [-0.15, -0.1) is 0 Å². The minimum atomic E-state index is -0.866. The molecule has 0 fully saturated rings. The van der Waals surface area contributed by atoms with Gasteiger partial charge < -0.3 is 15.8 Å². The molecular formula is C14H15N3O4. The van der Waals surface area contributed by atoms with Crippen LogP contribution in [0.3, 0.4) is 0 Å². The van der Waals surface area contributed by atoms with E-state index in [0.717, 1.165) is 0 Å². The van der Waals surface area contributed by atoms with E-state index in [-0.39, 0.29) is 17.1 Å². The summed E-state index contributed by atoms with van der Waals surface area (Å²) in [6, 6.07) is 8.70. The Labute approximate surface area is 121 Å². The summed E-state index contributed by atoms with van der Waals surface area (Å²) >= 11 is 0. The normalized spacial score (nSPS) is 18.3. The monoisotopic (exact) mass is 289 g/mol. The Kier molecular flexibility index (Phi) is 3.93. The highest BCUT2D eigenvalue weighted by molar-refractivity contribution is 5.92. The minimum Gasteiger partial charge on any atom is -0.466 e. The van der Waals surface area contributed by atoms with Crippen molar-refractivity contribution in [1.82, 2.24) is 5.32 Å². The van der Waals surface area contributed by atoms with Crippen LogP contribution >= 0.6 is 0 Å². The van der Waals surface area contributed by atoms with Crippen molar-refractivity contribution in [2.75, 3.05) is 7.11 Å². The maximum atomic E-state index is 12.0. The van der Waals surface area contributed by atoms with E-state index < -0.39 is 16.8 Å². The Morgan fingerprint density at radius 2 is 2.00 bits per heavy atom. The fraction of sp³-hybridized carbons (Fsp3) is 0.214. The second kappa shape index (κ2) is 5.66. The number of esters is 1. The highest BCUT2D eigenvalue weighted by atomic mass is 16.6. The number of nitrogens with zero attached hydrogens (tertiary/aromatic N) is 1. The SMILES string of the molecule is COC(=O)C1=C(C)NC(N)=C([N+](=O)[O-])C1c1ccccc1. The summed E-state index contributed by atoms with van der Waals surface area (Å²) in [5.41, 5.74) is 6.72. The number of hydrogen-bond acceptors (Lipinski definition) is 6. The number of nitro groups is 1. The van der Waals surface area contributed by atoms with Gasteiger partial charge >= 0.3 is 5.97 Å². The van der Waals surface area contributed by atoms with Crippen LogP contribution in [0.4, 0.5) is 0 Å². The maximum Gasteiger partial charge on any atom is 0.336 e. The molecule has 0 aromatic heterocycles. The van der Waals surface area contributed by atoms with Crippen LogP contribution in [-0.2, 0) is 9.53 Å². The van der Waals surface area contributed by atoms with E-state index in [4.69, 9.17) is 10.5 Å². The summed E-state index contributed by atoms with van der Waals surface area (Å²) in [5.74, 6) is -1.56. The number of carbonyl (C=O) groups excluding carboxylic acids is 1.